The van der Waals surface area contributed by atoms with E-state index in [0.29, 0.717) is 35.0 Å². The largest absolute Gasteiger partial charge is 0.475 e. The van der Waals surface area contributed by atoms with Crippen LogP contribution in [0.15, 0.2) is 66.7 Å². The van der Waals surface area contributed by atoms with Crippen LogP contribution in [0.2, 0.25) is 0 Å². The maximum Gasteiger partial charge on any atom is 0.251 e. The van der Waals surface area contributed by atoms with Gasteiger partial charge < -0.3 is 10.1 Å². The minimum absolute atomic E-state index is 0.230. The Morgan fingerprint density at radius 3 is 2.59 bits per heavy atom. The van der Waals surface area contributed by atoms with E-state index in [1.807, 2.05) is 36.4 Å². The van der Waals surface area contributed by atoms with Gasteiger partial charge in [0, 0.05) is 17.2 Å². The predicted octanol–water partition coefficient (Wildman–Crippen LogP) is 2.47. The second-order valence-electron chi connectivity index (χ2n) is 6.12. The van der Waals surface area contributed by atoms with E-state index in [-0.39, 0.29) is 12.5 Å². The zero-order valence-corrected chi connectivity index (χ0v) is 15.3. The molecule has 0 fully saturated rings. The lowest BCUT2D eigenvalue weighted by molar-refractivity contribution is 0.0946. The summed E-state index contributed by atoms with van der Waals surface area (Å²) in [6, 6.07) is 21.6. The van der Waals surface area contributed by atoms with Crippen molar-refractivity contribution in [1.29, 1.82) is 5.26 Å². The van der Waals surface area contributed by atoms with Crippen molar-refractivity contribution in [2.24, 2.45) is 0 Å². The third-order valence-electron chi connectivity index (χ3n) is 4.18. The fraction of sp³-hybridized carbons (Fsp3) is 0.0952. The Morgan fingerprint density at radius 2 is 1.83 bits per heavy atom. The number of benzene rings is 2. The Labute approximate surface area is 166 Å². The number of nitriles is 1. The summed E-state index contributed by atoms with van der Waals surface area (Å²) in [6.07, 6.45) is 0. The van der Waals surface area contributed by atoms with E-state index in [9.17, 15) is 4.79 Å². The third-order valence-corrected chi connectivity index (χ3v) is 4.18. The number of carbonyl (C=O) groups is 1. The molecule has 0 aliphatic heterocycles. The Morgan fingerprint density at radius 1 is 1.03 bits per heavy atom. The van der Waals surface area contributed by atoms with Crippen molar-refractivity contribution >= 4 is 11.6 Å². The highest BCUT2D eigenvalue weighted by Gasteiger charge is 2.10. The second-order valence-corrected chi connectivity index (χ2v) is 6.12. The Hall–Kier alpha value is -4.25. The molecule has 29 heavy (non-hydrogen) atoms. The number of carbonyl (C=O) groups excluding carboxylic acids is 1. The van der Waals surface area contributed by atoms with Gasteiger partial charge in [-0.25, -0.2) is 0 Å². The van der Waals surface area contributed by atoms with E-state index < -0.39 is 0 Å². The second kappa shape index (κ2) is 8.19. The molecule has 4 rings (SSSR count). The number of fused-ring (bicyclic) bond motifs is 1. The maximum atomic E-state index is 12.1. The van der Waals surface area contributed by atoms with Crippen molar-refractivity contribution in [3.63, 3.8) is 0 Å². The predicted molar refractivity (Wildman–Crippen MR) is 105 cm³/mol. The van der Waals surface area contributed by atoms with Gasteiger partial charge in [0.1, 0.15) is 6.61 Å². The summed E-state index contributed by atoms with van der Waals surface area (Å²) in [6.45, 7) is 0.565. The number of nitrogens with zero attached hydrogens (tertiary/aromatic N) is 5. The van der Waals surface area contributed by atoms with Gasteiger partial charge in [0.05, 0.1) is 18.2 Å². The normalized spacial score (nSPS) is 10.4. The van der Waals surface area contributed by atoms with Crippen LogP contribution >= 0.6 is 0 Å². The lowest BCUT2D eigenvalue weighted by Gasteiger charge is -2.08. The van der Waals surface area contributed by atoms with Crippen LogP contribution in [-0.2, 0) is 0 Å². The number of hydrogen-bond acceptors (Lipinski definition) is 6. The first-order chi connectivity index (χ1) is 14.2. The molecule has 0 unspecified atom stereocenters. The molecule has 4 aromatic rings. The van der Waals surface area contributed by atoms with Gasteiger partial charge >= 0.3 is 0 Å². The van der Waals surface area contributed by atoms with E-state index in [1.54, 1.807) is 40.9 Å². The topological polar surface area (TPSA) is 105 Å². The summed E-state index contributed by atoms with van der Waals surface area (Å²) in [4.78, 5) is 12.1. The van der Waals surface area contributed by atoms with E-state index in [0.717, 1.165) is 5.56 Å². The SMILES string of the molecule is N#Cc1ccc(C(=O)NCCOc2ccc3nnc(-c4ccccc4)n3n2)cc1. The third kappa shape index (κ3) is 4.04. The van der Waals surface area contributed by atoms with Gasteiger partial charge in [-0.15, -0.1) is 15.3 Å². The number of hydrogen-bond donors (Lipinski definition) is 1. The van der Waals surface area contributed by atoms with Crippen molar-refractivity contribution in [2.75, 3.05) is 13.2 Å². The molecule has 2 aromatic carbocycles. The monoisotopic (exact) mass is 384 g/mol. The molecule has 0 aliphatic rings. The summed E-state index contributed by atoms with van der Waals surface area (Å²) >= 11 is 0. The van der Waals surface area contributed by atoms with Gasteiger partial charge in [0.2, 0.25) is 5.88 Å². The number of nitrogens with one attached hydrogen (secondary N) is 1. The van der Waals surface area contributed by atoms with Crippen LogP contribution in [0.3, 0.4) is 0 Å². The van der Waals surface area contributed by atoms with E-state index in [4.69, 9.17) is 10.00 Å². The van der Waals surface area contributed by atoms with Gasteiger partial charge in [-0.1, -0.05) is 30.3 Å². The molecule has 0 radical (unpaired) electrons. The van der Waals surface area contributed by atoms with Crippen molar-refractivity contribution in [1.82, 2.24) is 25.1 Å². The van der Waals surface area contributed by atoms with Crippen LogP contribution in [0.1, 0.15) is 15.9 Å². The first-order valence-electron chi connectivity index (χ1n) is 8.93. The zero-order chi connectivity index (χ0) is 20.1. The van der Waals surface area contributed by atoms with Crippen molar-refractivity contribution in [3.8, 4) is 23.3 Å². The van der Waals surface area contributed by atoms with Gasteiger partial charge in [-0.3, -0.25) is 4.79 Å². The maximum absolute atomic E-state index is 12.1. The Bertz CT molecular complexity index is 1180. The molecule has 0 spiro atoms. The lowest BCUT2D eigenvalue weighted by Crippen LogP contribution is -2.28. The molecule has 0 atom stereocenters. The number of aromatic nitrogens is 4. The average Bonchev–Trinajstić information content (AvgIpc) is 3.20. The summed E-state index contributed by atoms with van der Waals surface area (Å²) in [5, 5.41) is 24.3. The van der Waals surface area contributed by atoms with Crippen molar-refractivity contribution < 1.29 is 9.53 Å². The summed E-state index contributed by atoms with van der Waals surface area (Å²) in [7, 11) is 0. The molecule has 0 bridgehead atoms. The quantitative estimate of drug-likeness (QED) is 0.512. The van der Waals surface area contributed by atoms with Gasteiger partial charge in [0.25, 0.3) is 5.91 Å². The standard InChI is InChI=1S/C21H16N6O2/c22-14-15-6-8-17(9-7-15)21(28)23-12-13-29-19-11-10-18-24-25-20(27(18)26-19)16-4-2-1-3-5-16/h1-11H,12-13H2,(H,23,28). The molecule has 1 amide bonds. The number of amides is 1. The fourth-order valence-electron chi connectivity index (χ4n) is 2.73. The number of rotatable bonds is 6. The van der Waals surface area contributed by atoms with E-state index >= 15 is 0 Å². The first-order valence-corrected chi connectivity index (χ1v) is 8.93. The minimum atomic E-state index is -0.230. The zero-order valence-electron chi connectivity index (χ0n) is 15.3. The lowest BCUT2D eigenvalue weighted by atomic mass is 10.1. The highest BCUT2D eigenvalue weighted by Crippen LogP contribution is 2.18. The summed E-state index contributed by atoms with van der Waals surface area (Å²) < 4.78 is 7.28. The molecule has 1 N–H and O–H groups in total. The highest BCUT2D eigenvalue weighted by molar-refractivity contribution is 5.94. The molecule has 8 nitrogen and oxygen atoms in total. The first kappa shape index (κ1) is 18.1. The van der Waals surface area contributed by atoms with Gasteiger partial charge in [-0.2, -0.15) is 9.78 Å². The summed E-state index contributed by atoms with van der Waals surface area (Å²) in [5.74, 6) is 0.800. The van der Waals surface area contributed by atoms with Crippen LogP contribution in [0, 0.1) is 11.3 Å². The smallest absolute Gasteiger partial charge is 0.251 e. The number of ether oxygens (including phenoxy) is 1. The molecular formula is C21H16N6O2. The molecule has 0 saturated heterocycles. The molecule has 8 heteroatoms. The van der Waals surface area contributed by atoms with Crippen molar-refractivity contribution in [2.45, 2.75) is 0 Å². The van der Waals surface area contributed by atoms with Gasteiger partial charge in [-0.05, 0) is 30.3 Å². The molecule has 0 aliphatic carbocycles. The molecule has 2 aromatic heterocycles. The Kier molecular flexibility index (Phi) is 5.12. The van der Waals surface area contributed by atoms with Crippen molar-refractivity contribution in [3.05, 3.63) is 77.9 Å². The molecule has 142 valence electrons. The van der Waals surface area contributed by atoms with Crippen LogP contribution in [0.25, 0.3) is 17.0 Å². The average molecular weight is 384 g/mol. The van der Waals surface area contributed by atoms with E-state index in [1.165, 1.54) is 0 Å². The Balaban J connectivity index is 1.37. The van der Waals surface area contributed by atoms with Crippen LogP contribution in [0.5, 0.6) is 5.88 Å². The summed E-state index contributed by atoms with van der Waals surface area (Å²) in [5.41, 5.74) is 2.51. The minimum Gasteiger partial charge on any atom is -0.475 e. The molecule has 2 heterocycles. The molecule has 0 saturated carbocycles. The van der Waals surface area contributed by atoms with Crippen LogP contribution < -0.4 is 10.1 Å². The van der Waals surface area contributed by atoms with Crippen LogP contribution in [-0.4, -0.2) is 38.9 Å². The van der Waals surface area contributed by atoms with E-state index in [2.05, 4.69) is 20.6 Å². The van der Waals surface area contributed by atoms with Crippen LogP contribution in [0.4, 0.5) is 0 Å². The highest BCUT2D eigenvalue weighted by atomic mass is 16.5. The van der Waals surface area contributed by atoms with Gasteiger partial charge in [0.15, 0.2) is 11.5 Å². The fourth-order valence-corrected chi connectivity index (χ4v) is 2.73. The molecular weight excluding hydrogens is 368 g/mol.